The number of nitrogens with zero attached hydrogens (tertiary/aromatic N) is 1. The van der Waals surface area contributed by atoms with Crippen LogP contribution in [0.25, 0.3) is 0 Å². The molecule has 1 aliphatic rings. The average Bonchev–Trinajstić information content (AvgIpc) is 2.83. The van der Waals surface area contributed by atoms with Gasteiger partial charge in [-0.2, -0.15) is 0 Å². The zero-order chi connectivity index (χ0) is 12.7. The minimum atomic E-state index is -0.0603. The van der Waals surface area contributed by atoms with Crippen LogP contribution < -0.4 is 5.32 Å². The van der Waals surface area contributed by atoms with Gasteiger partial charge in [0, 0.05) is 12.6 Å². The largest absolute Gasteiger partial charge is 0.465 e. The van der Waals surface area contributed by atoms with Crippen LogP contribution in [0.1, 0.15) is 40.0 Å². The molecular weight excluding hydrogens is 216 g/mol. The highest BCUT2D eigenvalue weighted by molar-refractivity contribution is 5.75. The van der Waals surface area contributed by atoms with Gasteiger partial charge in [0.1, 0.15) is 6.04 Å². The van der Waals surface area contributed by atoms with Crippen molar-refractivity contribution in [2.45, 2.75) is 52.1 Å². The summed E-state index contributed by atoms with van der Waals surface area (Å²) in [5, 5.41) is 3.36. The van der Waals surface area contributed by atoms with Crippen molar-refractivity contribution in [3.05, 3.63) is 0 Å². The molecule has 1 N–H and O–H groups in total. The predicted octanol–water partition coefficient (Wildman–Crippen LogP) is 1.40. The molecule has 1 fully saturated rings. The number of esters is 1. The van der Waals surface area contributed by atoms with Gasteiger partial charge in [-0.3, -0.25) is 9.69 Å². The SMILES string of the molecule is CCCC(C(=O)OCC)N(CC)C1CCNC1. The molecule has 0 radical (unpaired) electrons. The van der Waals surface area contributed by atoms with Crippen LogP contribution in [0.15, 0.2) is 0 Å². The number of rotatable bonds is 7. The van der Waals surface area contributed by atoms with Crippen LogP contribution in [-0.2, 0) is 9.53 Å². The van der Waals surface area contributed by atoms with Gasteiger partial charge in [0.15, 0.2) is 0 Å². The zero-order valence-electron chi connectivity index (χ0n) is 11.4. The molecule has 0 saturated carbocycles. The normalized spacial score (nSPS) is 21.8. The molecule has 1 saturated heterocycles. The topological polar surface area (TPSA) is 41.6 Å². The molecule has 0 spiro atoms. The van der Waals surface area contributed by atoms with E-state index in [9.17, 15) is 4.79 Å². The Morgan fingerprint density at radius 3 is 2.71 bits per heavy atom. The summed E-state index contributed by atoms with van der Waals surface area (Å²) in [5.74, 6) is -0.0527. The predicted molar refractivity (Wildman–Crippen MR) is 69.0 cm³/mol. The fraction of sp³-hybridized carbons (Fsp3) is 0.923. The lowest BCUT2D eigenvalue weighted by atomic mass is 10.1. The molecule has 1 aliphatic heterocycles. The van der Waals surface area contributed by atoms with Gasteiger partial charge in [0.05, 0.1) is 6.61 Å². The molecule has 0 aromatic carbocycles. The Kier molecular flexibility index (Phi) is 6.52. The first kappa shape index (κ1) is 14.5. The lowest BCUT2D eigenvalue weighted by molar-refractivity contribution is -0.150. The molecule has 4 nitrogen and oxygen atoms in total. The van der Waals surface area contributed by atoms with Crippen molar-refractivity contribution < 1.29 is 9.53 Å². The Bertz CT molecular complexity index is 227. The zero-order valence-corrected chi connectivity index (χ0v) is 11.4. The van der Waals surface area contributed by atoms with E-state index in [1.807, 2.05) is 6.92 Å². The van der Waals surface area contributed by atoms with Crippen molar-refractivity contribution in [1.29, 1.82) is 0 Å². The molecule has 17 heavy (non-hydrogen) atoms. The summed E-state index contributed by atoms with van der Waals surface area (Å²) in [6, 6.07) is 0.427. The molecule has 0 amide bonds. The smallest absolute Gasteiger partial charge is 0.323 e. The Labute approximate surface area is 105 Å². The van der Waals surface area contributed by atoms with Crippen molar-refractivity contribution in [1.82, 2.24) is 10.2 Å². The number of nitrogens with one attached hydrogen (secondary N) is 1. The highest BCUT2D eigenvalue weighted by atomic mass is 16.5. The molecule has 4 heteroatoms. The summed E-state index contributed by atoms with van der Waals surface area (Å²) in [4.78, 5) is 14.3. The van der Waals surface area contributed by atoms with Gasteiger partial charge in [-0.1, -0.05) is 20.3 Å². The Morgan fingerprint density at radius 1 is 1.47 bits per heavy atom. The summed E-state index contributed by atoms with van der Waals surface area (Å²) in [6.45, 7) is 9.55. The van der Waals surface area contributed by atoms with Crippen LogP contribution >= 0.6 is 0 Å². The first-order valence-corrected chi connectivity index (χ1v) is 6.87. The van der Waals surface area contributed by atoms with E-state index >= 15 is 0 Å². The number of hydrogen-bond acceptors (Lipinski definition) is 4. The molecule has 0 bridgehead atoms. The Balaban J connectivity index is 2.66. The molecule has 100 valence electrons. The van der Waals surface area contributed by atoms with Crippen molar-refractivity contribution in [3.63, 3.8) is 0 Å². The van der Waals surface area contributed by atoms with Crippen molar-refractivity contribution >= 4 is 5.97 Å². The standard InChI is InChI=1S/C13H26N2O2/c1-4-7-12(13(16)17-6-3)15(5-2)11-8-9-14-10-11/h11-12,14H,4-10H2,1-3H3. The number of likely N-dealkylation sites (N-methyl/N-ethyl adjacent to an activating group) is 1. The highest BCUT2D eigenvalue weighted by Crippen LogP contribution is 2.17. The maximum Gasteiger partial charge on any atom is 0.323 e. The van der Waals surface area contributed by atoms with E-state index in [0.717, 1.165) is 38.9 Å². The van der Waals surface area contributed by atoms with Gasteiger partial charge in [-0.25, -0.2) is 0 Å². The van der Waals surface area contributed by atoms with Gasteiger partial charge in [0.25, 0.3) is 0 Å². The van der Waals surface area contributed by atoms with E-state index < -0.39 is 0 Å². The highest BCUT2D eigenvalue weighted by Gasteiger charge is 2.32. The van der Waals surface area contributed by atoms with Gasteiger partial charge in [-0.05, 0) is 32.9 Å². The van der Waals surface area contributed by atoms with Crippen molar-refractivity contribution in [2.24, 2.45) is 0 Å². The van der Waals surface area contributed by atoms with E-state index in [2.05, 4.69) is 24.1 Å². The van der Waals surface area contributed by atoms with E-state index in [0.29, 0.717) is 12.6 Å². The van der Waals surface area contributed by atoms with Gasteiger partial charge < -0.3 is 10.1 Å². The monoisotopic (exact) mass is 242 g/mol. The van der Waals surface area contributed by atoms with Crippen LogP contribution in [0.5, 0.6) is 0 Å². The quantitative estimate of drug-likeness (QED) is 0.685. The summed E-state index contributed by atoms with van der Waals surface area (Å²) in [7, 11) is 0. The number of carbonyl (C=O) groups excluding carboxylic acids is 1. The second kappa shape index (κ2) is 7.67. The second-order valence-corrected chi connectivity index (χ2v) is 4.53. The van der Waals surface area contributed by atoms with Gasteiger partial charge in [0.2, 0.25) is 0 Å². The third-order valence-corrected chi connectivity index (χ3v) is 3.39. The minimum Gasteiger partial charge on any atom is -0.465 e. The number of ether oxygens (including phenoxy) is 1. The lowest BCUT2D eigenvalue weighted by Gasteiger charge is -2.33. The lowest BCUT2D eigenvalue weighted by Crippen LogP contribution is -2.48. The number of hydrogen-bond donors (Lipinski definition) is 1. The molecule has 0 aliphatic carbocycles. The summed E-state index contributed by atoms with van der Waals surface area (Å²) < 4.78 is 5.20. The first-order chi connectivity index (χ1) is 8.24. The molecule has 2 atom stereocenters. The van der Waals surface area contributed by atoms with Gasteiger partial charge >= 0.3 is 5.97 Å². The van der Waals surface area contributed by atoms with Crippen molar-refractivity contribution in [2.75, 3.05) is 26.2 Å². The maximum absolute atomic E-state index is 12.0. The summed E-state index contributed by atoms with van der Waals surface area (Å²) in [5.41, 5.74) is 0. The molecule has 1 rings (SSSR count). The first-order valence-electron chi connectivity index (χ1n) is 6.87. The van der Waals surface area contributed by atoms with Crippen LogP contribution in [0.2, 0.25) is 0 Å². The Hall–Kier alpha value is -0.610. The fourth-order valence-corrected chi connectivity index (χ4v) is 2.59. The van der Waals surface area contributed by atoms with E-state index in [4.69, 9.17) is 4.74 Å². The van der Waals surface area contributed by atoms with Crippen LogP contribution in [0.4, 0.5) is 0 Å². The molecular formula is C13H26N2O2. The van der Waals surface area contributed by atoms with E-state index in [1.165, 1.54) is 0 Å². The summed E-state index contributed by atoms with van der Waals surface area (Å²) in [6.07, 6.45) is 3.04. The minimum absolute atomic E-state index is 0.0527. The molecule has 1 heterocycles. The van der Waals surface area contributed by atoms with Crippen LogP contribution in [0.3, 0.4) is 0 Å². The molecule has 0 aromatic rings. The summed E-state index contributed by atoms with van der Waals surface area (Å²) >= 11 is 0. The molecule has 2 unspecified atom stereocenters. The number of carbonyl (C=O) groups is 1. The van der Waals surface area contributed by atoms with Gasteiger partial charge in [-0.15, -0.1) is 0 Å². The Morgan fingerprint density at radius 2 is 2.24 bits per heavy atom. The second-order valence-electron chi connectivity index (χ2n) is 4.53. The third-order valence-electron chi connectivity index (χ3n) is 3.39. The average molecular weight is 242 g/mol. The third kappa shape index (κ3) is 3.96. The fourth-order valence-electron chi connectivity index (χ4n) is 2.59. The molecule has 0 aromatic heterocycles. The van der Waals surface area contributed by atoms with Crippen LogP contribution in [-0.4, -0.2) is 49.2 Å². The van der Waals surface area contributed by atoms with E-state index in [-0.39, 0.29) is 12.0 Å². The van der Waals surface area contributed by atoms with Crippen LogP contribution in [0, 0.1) is 0 Å². The van der Waals surface area contributed by atoms with Crippen molar-refractivity contribution in [3.8, 4) is 0 Å². The van der Waals surface area contributed by atoms with E-state index in [1.54, 1.807) is 0 Å². The maximum atomic E-state index is 12.0.